The molecule has 26 heavy (non-hydrogen) atoms. The minimum absolute atomic E-state index is 0. The first-order valence-corrected chi connectivity index (χ1v) is 9.48. The van der Waals surface area contributed by atoms with Crippen molar-refractivity contribution in [1.29, 1.82) is 0 Å². The van der Waals surface area contributed by atoms with Crippen LogP contribution >= 0.6 is 35.3 Å². The number of aryl methyl sites for hydroxylation is 1. The third kappa shape index (κ3) is 7.45. The molecule has 8 heteroatoms. The molecule has 144 valence electrons. The molecular formula is C18H28IN5OS. The van der Waals surface area contributed by atoms with E-state index in [1.54, 1.807) is 11.3 Å². The number of pyridine rings is 1. The van der Waals surface area contributed by atoms with Crippen molar-refractivity contribution < 1.29 is 4.74 Å². The number of rotatable bonds is 8. The topological polar surface area (TPSA) is 62.6 Å². The molecule has 0 aliphatic rings. The molecule has 2 rings (SSSR count). The average Bonchev–Trinajstić information content (AvgIpc) is 3.02. The molecule has 0 saturated carbocycles. The van der Waals surface area contributed by atoms with Gasteiger partial charge in [0.1, 0.15) is 0 Å². The van der Waals surface area contributed by atoms with Crippen LogP contribution in [0, 0.1) is 6.92 Å². The van der Waals surface area contributed by atoms with E-state index in [0.717, 1.165) is 41.7 Å². The zero-order valence-corrected chi connectivity index (χ0v) is 19.0. The van der Waals surface area contributed by atoms with E-state index in [-0.39, 0.29) is 24.0 Å². The summed E-state index contributed by atoms with van der Waals surface area (Å²) in [6, 6.07) is 3.91. The van der Waals surface area contributed by atoms with Crippen LogP contribution in [0.25, 0.3) is 0 Å². The fraction of sp³-hybridized carbons (Fsp3) is 0.500. The van der Waals surface area contributed by atoms with Crippen LogP contribution in [0.4, 0.5) is 0 Å². The van der Waals surface area contributed by atoms with Gasteiger partial charge in [-0.1, -0.05) is 13.0 Å². The van der Waals surface area contributed by atoms with Crippen molar-refractivity contribution in [3.63, 3.8) is 0 Å². The van der Waals surface area contributed by atoms with Crippen molar-refractivity contribution >= 4 is 41.3 Å². The largest absolute Gasteiger partial charge is 0.478 e. The molecule has 2 aromatic heterocycles. The lowest BCUT2D eigenvalue weighted by Gasteiger charge is -2.21. The first-order chi connectivity index (χ1) is 12.1. The Bertz CT molecular complexity index is 674. The quantitative estimate of drug-likeness (QED) is 0.347. The van der Waals surface area contributed by atoms with E-state index in [1.807, 2.05) is 32.3 Å². The Morgan fingerprint density at radius 1 is 1.35 bits per heavy atom. The highest BCUT2D eigenvalue weighted by molar-refractivity contribution is 14.0. The maximum Gasteiger partial charge on any atom is 0.213 e. The number of halogens is 1. The van der Waals surface area contributed by atoms with Crippen LogP contribution in [-0.4, -0.2) is 41.0 Å². The molecule has 0 radical (unpaired) electrons. The zero-order valence-electron chi connectivity index (χ0n) is 15.9. The van der Waals surface area contributed by atoms with Crippen molar-refractivity contribution in [2.45, 2.75) is 40.3 Å². The molecule has 0 atom stereocenters. The summed E-state index contributed by atoms with van der Waals surface area (Å²) >= 11 is 1.67. The van der Waals surface area contributed by atoms with Gasteiger partial charge >= 0.3 is 0 Å². The second kappa shape index (κ2) is 12.1. The number of nitrogens with one attached hydrogen (secondary N) is 1. The zero-order chi connectivity index (χ0) is 18.1. The Hall–Kier alpha value is -1.42. The Morgan fingerprint density at radius 2 is 2.15 bits per heavy atom. The number of hydrogen-bond acceptors (Lipinski definition) is 5. The number of aliphatic imine (C=N–C) groups is 1. The van der Waals surface area contributed by atoms with Gasteiger partial charge in [0.2, 0.25) is 5.88 Å². The Morgan fingerprint density at radius 3 is 2.73 bits per heavy atom. The normalized spacial score (nSPS) is 11.0. The van der Waals surface area contributed by atoms with E-state index in [1.165, 1.54) is 0 Å². The standard InChI is InChI=1S/C18H27N5OS.HI/c1-5-9-24-17-8-7-15(10-20-17)11-21-18(19-6-2)23(4)12-16-13-25-14(3)22-16;/h7-8,10,13H,5-6,9,11-12H2,1-4H3,(H,19,21);1H. The van der Waals surface area contributed by atoms with E-state index in [2.05, 4.69) is 39.4 Å². The molecule has 1 N–H and O–H groups in total. The minimum Gasteiger partial charge on any atom is -0.478 e. The van der Waals surface area contributed by atoms with Gasteiger partial charge in [-0.05, 0) is 25.8 Å². The van der Waals surface area contributed by atoms with Crippen LogP contribution < -0.4 is 10.1 Å². The van der Waals surface area contributed by atoms with Crippen molar-refractivity contribution in [1.82, 2.24) is 20.2 Å². The summed E-state index contributed by atoms with van der Waals surface area (Å²) < 4.78 is 5.51. The molecule has 0 aromatic carbocycles. The van der Waals surface area contributed by atoms with Gasteiger partial charge in [0.15, 0.2) is 5.96 Å². The van der Waals surface area contributed by atoms with Crippen LogP contribution in [0.5, 0.6) is 5.88 Å². The van der Waals surface area contributed by atoms with E-state index in [0.29, 0.717) is 19.0 Å². The van der Waals surface area contributed by atoms with Crippen molar-refractivity contribution in [3.8, 4) is 5.88 Å². The van der Waals surface area contributed by atoms with Crippen LogP contribution in [0.3, 0.4) is 0 Å². The van der Waals surface area contributed by atoms with E-state index < -0.39 is 0 Å². The summed E-state index contributed by atoms with van der Waals surface area (Å²) in [5.74, 6) is 1.52. The summed E-state index contributed by atoms with van der Waals surface area (Å²) in [4.78, 5) is 15.6. The molecule has 0 spiro atoms. The monoisotopic (exact) mass is 489 g/mol. The molecule has 0 saturated heterocycles. The number of aromatic nitrogens is 2. The van der Waals surface area contributed by atoms with Crippen molar-refractivity contribution in [2.75, 3.05) is 20.2 Å². The van der Waals surface area contributed by atoms with E-state index in [4.69, 9.17) is 9.73 Å². The molecule has 0 fully saturated rings. The number of thiazole rings is 1. The lowest BCUT2D eigenvalue weighted by molar-refractivity contribution is 0.305. The molecule has 0 amide bonds. The van der Waals surface area contributed by atoms with Crippen molar-refractivity contribution in [3.05, 3.63) is 40.0 Å². The van der Waals surface area contributed by atoms with Gasteiger partial charge in [0.25, 0.3) is 0 Å². The molecule has 2 heterocycles. The Kier molecular flexibility index (Phi) is 10.5. The summed E-state index contributed by atoms with van der Waals surface area (Å²) in [6.07, 6.45) is 2.80. The van der Waals surface area contributed by atoms with Gasteiger partial charge in [-0.3, -0.25) is 0 Å². The lowest BCUT2D eigenvalue weighted by atomic mass is 10.3. The first-order valence-electron chi connectivity index (χ1n) is 8.60. The average molecular weight is 489 g/mol. The second-order valence-electron chi connectivity index (χ2n) is 5.74. The number of ether oxygens (including phenoxy) is 1. The highest BCUT2D eigenvalue weighted by Gasteiger charge is 2.08. The maximum atomic E-state index is 5.51. The number of nitrogens with zero attached hydrogens (tertiary/aromatic N) is 4. The molecule has 0 aliphatic heterocycles. The van der Waals surface area contributed by atoms with Crippen LogP contribution in [0.2, 0.25) is 0 Å². The SMILES string of the molecule is CCCOc1ccc(CN=C(NCC)N(C)Cc2csc(C)n2)cn1.I. The smallest absolute Gasteiger partial charge is 0.213 e. The fourth-order valence-corrected chi connectivity index (χ4v) is 2.83. The summed E-state index contributed by atoms with van der Waals surface area (Å²) in [6.45, 7) is 8.99. The van der Waals surface area contributed by atoms with Crippen LogP contribution in [0.15, 0.2) is 28.7 Å². The molecule has 6 nitrogen and oxygen atoms in total. The van der Waals surface area contributed by atoms with Crippen molar-refractivity contribution in [2.24, 2.45) is 4.99 Å². The maximum absolute atomic E-state index is 5.51. The lowest BCUT2D eigenvalue weighted by Crippen LogP contribution is -2.38. The third-order valence-corrected chi connectivity index (χ3v) is 4.25. The molecule has 0 aliphatic carbocycles. The van der Waals surface area contributed by atoms with Gasteiger partial charge in [-0.25, -0.2) is 15.0 Å². The van der Waals surface area contributed by atoms with E-state index >= 15 is 0 Å². The van der Waals surface area contributed by atoms with Gasteiger partial charge in [0.05, 0.1) is 30.4 Å². The molecule has 0 bridgehead atoms. The fourth-order valence-electron chi connectivity index (χ4n) is 2.23. The highest BCUT2D eigenvalue weighted by atomic mass is 127. The Balaban J connectivity index is 0.00000338. The van der Waals surface area contributed by atoms with E-state index in [9.17, 15) is 0 Å². The van der Waals surface area contributed by atoms with Crippen LogP contribution in [0.1, 0.15) is 36.5 Å². The summed E-state index contributed by atoms with van der Waals surface area (Å²) in [7, 11) is 2.02. The minimum atomic E-state index is 0. The number of hydrogen-bond donors (Lipinski definition) is 1. The predicted molar refractivity (Wildman–Crippen MR) is 119 cm³/mol. The Labute approximate surface area is 177 Å². The van der Waals surface area contributed by atoms with Gasteiger partial charge in [-0.15, -0.1) is 35.3 Å². The number of guanidine groups is 1. The third-order valence-electron chi connectivity index (χ3n) is 3.43. The summed E-state index contributed by atoms with van der Waals surface area (Å²) in [5.41, 5.74) is 2.12. The second-order valence-corrected chi connectivity index (χ2v) is 6.80. The molecule has 2 aromatic rings. The summed E-state index contributed by atoms with van der Waals surface area (Å²) in [5, 5.41) is 6.50. The van der Waals surface area contributed by atoms with Gasteiger partial charge < -0.3 is 15.0 Å². The van der Waals surface area contributed by atoms with Gasteiger partial charge in [0, 0.05) is 31.2 Å². The first kappa shape index (κ1) is 22.6. The highest BCUT2D eigenvalue weighted by Crippen LogP contribution is 2.11. The molecule has 0 unspecified atom stereocenters. The predicted octanol–water partition coefficient (Wildman–Crippen LogP) is 3.85. The molecular weight excluding hydrogens is 461 g/mol. The van der Waals surface area contributed by atoms with Gasteiger partial charge in [-0.2, -0.15) is 0 Å². The van der Waals surface area contributed by atoms with Crippen LogP contribution in [-0.2, 0) is 13.1 Å².